The number of amides is 2. The fraction of sp³-hybridized carbons (Fsp3) is 0.447. The number of halogens is 1. The summed E-state index contributed by atoms with van der Waals surface area (Å²) in [5, 5.41) is 3.14. The summed E-state index contributed by atoms with van der Waals surface area (Å²) in [5.74, 6) is -0.177. The molecule has 3 aromatic rings. The van der Waals surface area contributed by atoms with Gasteiger partial charge in [-0.05, 0) is 112 Å². The number of aromatic nitrogens is 1. The molecule has 8 heteroatoms. The highest BCUT2D eigenvalue weighted by Crippen LogP contribution is 2.54. The Bertz CT molecular complexity index is 1600. The second-order valence-electron chi connectivity index (χ2n) is 14.6. The van der Waals surface area contributed by atoms with Crippen LogP contribution in [-0.2, 0) is 4.74 Å². The smallest absolute Gasteiger partial charge is 0.410 e. The molecule has 2 saturated heterocycles. The van der Waals surface area contributed by atoms with Crippen molar-refractivity contribution < 1.29 is 18.7 Å². The molecule has 3 aliphatic rings. The van der Waals surface area contributed by atoms with E-state index in [1.165, 1.54) is 23.3 Å². The summed E-state index contributed by atoms with van der Waals surface area (Å²) in [6, 6.07) is 16.9. The van der Waals surface area contributed by atoms with E-state index in [2.05, 4.69) is 46.5 Å². The van der Waals surface area contributed by atoms with Crippen LogP contribution in [0.1, 0.15) is 97.9 Å². The van der Waals surface area contributed by atoms with Crippen molar-refractivity contribution >= 4 is 17.6 Å². The fourth-order valence-corrected chi connectivity index (χ4v) is 7.37. The monoisotopic (exact) mass is 624 g/mol. The van der Waals surface area contributed by atoms with Crippen LogP contribution in [0, 0.1) is 11.2 Å². The molecule has 6 rings (SSSR count). The molecule has 2 amide bonds. The van der Waals surface area contributed by atoms with E-state index in [9.17, 15) is 14.0 Å². The maximum absolute atomic E-state index is 13.8. The minimum absolute atomic E-state index is 0.170. The predicted octanol–water partition coefficient (Wildman–Crippen LogP) is 7.35. The molecule has 1 aromatic heterocycles. The Morgan fingerprint density at radius 3 is 2.15 bits per heavy atom. The lowest BCUT2D eigenvalue weighted by molar-refractivity contribution is -0.0106. The normalized spacial score (nSPS) is 18.8. The maximum atomic E-state index is 13.8. The Morgan fingerprint density at radius 2 is 1.57 bits per heavy atom. The number of pyridine rings is 1. The number of ether oxygens (including phenoxy) is 1. The van der Waals surface area contributed by atoms with Gasteiger partial charge in [-0.1, -0.05) is 42.0 Å². The second kappa shape index (κ2) is 12.6. The molecule has 1 saturated carbocycles. The fourth-order valence-electron chi connectivity index (χ4n) is 7.37. The van der Waals surface area contributed by atoms with Crippen LogP contribution < -0.4 is 5.32 Å². The van der Waals surface area contributed by atoms with Gasteiger partial charge < -0.3 is 19.9 Å². The number of allylic oxidation sites excluding steroid dienone is 1. The third-order valence-electron chi connectivity index (χ3n) is 9.56. The highest BCUT2D eigenvalue weighted by Gasteiger charge is 2.49. The summed E-state index contributed by atoms with van der Waals surface area (Å²) >= 11 is 0. The molecule has 3 fully saturated rings. The summed E-state index contributed by atoms with van der Waals surface area (Å²) < 4.78 is 19.3. The summed E-state index contributed by atoms with van der Waals surface area (Å²) in [6.07, 6.45) is 6.90. The Labute approximate surface area is 271 Å². The SMILES string of the molecule is C[C@@H](NC(=O)c1cncc(C2CCN(C(=O)OC(C)(C)C)CC2)c1)c1ccc(C(=C2CC3(C2)CN(C)C3)c2ccc(F)cc2)cc1. The number of benzene rings is 2. The number of carbonyl (C=O) groups is 2. The zero-order chi connectivity index (χ0) is 32.6. The van der Waals surface area contributed by atoms with Crippen molar-refractivity contribution in [2.75, 3.05) is 33.2 Å². The first kappa shape index (κ1) is 31.9. The molecule has 2 aliphatic heterocycles. The van der Waals surface area contributed by atoms with Gasteiger partial charge in [0.1, 0.15) is 11.4 Å². The molecule has 0 bridgehead atoms. The van der Waals surface area contributed by atoms with Gasteiger partial charge in [-0.3, -0.25) is 9.78 Å². The van der Waals surface area contributed by atoms with Gasteiger partial charge in [0.05, 0.1) is 11.6 Å². The van der Waals surface area contributed by atoms with E-state index in [1.807, 2.05) is 52.1 Å². The summed E-state index contributed by atoms with van der Waals surface area (Å²) in [4.78, 5) is 34.3. The van der Waals surface area contributed by atoms with Crippen molar-refractivity contribution in [3.63, 3.8) is 0 Å². The van der Waals surface area contributed by atoms with E-state index in [0.717, 1.165) is 61.0 Å². The van der Waals surface area contributed by atoms with Crippen molar-refractivity contribution in [3.8, 4) is 0 Å². The van der Waals surface area contributed by atoms with Crippen LogP contribution in [0.2, 0.25) is 0 Å². The van der Waals surface area contributed by atoms with Gasteiger partial charge in [-0.25, -0.2) is 9.18 Å². The molecule has 242 valence electrons. The van der Waals surface area contributed by atoms with Crippen LogP contribution in [0.4, 0.5) is 9.18 Å². The van der Waals surface area contributed by atoms with Gasteiger partial charge in [-0.15, -0.1) is 0 Å². The van der Waals surface area contributed by atoms with Gasteiger partial charge in [0, 0.05) is 44.0 Å². The number of nitrogens with one attached hydrogen (secondary N) is 1. The third kappa shape index (κ3) is 7.02. The Balaban J connectivity index is 1.10. The summed E-state index contributed by atoms with van der Waals surface area (Å²) in [5.41, 5.74) is 7.20. The van der Waals surface area contributed by atoms with Crippen LogP contribution in [0.15, 0.2) is 72.6 Å². The van der Waals surface area contributed by atoms with E-state index >= 15 is 0 Å². The van der Waals surface area contributed by atoms with E-state index in [-0.39, 0.29) is 29.8 Å². The number of hydrogen-bond acceptors (Lipinski definition) is 5. The maximum Gasteiger partial charge on any atom is 0.410 e. The summed E-state index contributed by atoms with van der Waals surface area (Å²) in [6.45, 7) is 11.1. The Morgan fingerprint density at radius 1 is 0.957 bits per heavy atom. The van der Waals surface area contributed by atoms with Gasteiger partial charge in [-0.2, -0.15) is 0 Å². The second-order valence-corrected chi connectivity index (χ2v) is 14.6. The average Bonchev–Trinajstić information content (AvgIpc) is 2.99. The first-order valence-corrected chi connectivity index (χ1v) is 16.4. The topological polar surface area (TPSA) is 74.8 Å². The van der Waals surface area contributed by atoms with Crippen molar-refractivity contribution in [2.45, 2.75) is 70.9 Å². The minimum Gasteiger partial charge on any atom is -0.444 e. The molecular weight excluding hydrogens is 579 g/mol. The van der Waals surface area contributed by atoms with E-state index in [4.69, 9.17) is 4.74 Å². The number of likely N-dealkylation sites (tertiary alicyclic amines) is 2. The lowest BCUT2D eigenvalue weighted by Gasteiger charge is -2.56. The molecule has 0 unspecified atom stereocenters. The van der Waals surface area contributed by atoms with Crippen molar-refractivity contribution in [2.24, 2.45) is 5.41 Å². The standard InChI is InChI=1S/C38H45FN4O3/c1-25(41-35(44)31-18-30(21-40-22-31)27-14-16-43(17-15-27)36(45)46-37(2,3)4)26-6-8-28(9-7-26)34(29-10-12-33(39)13-11-29)32-19-38(20-32)23-42(5)24-38/h6-13,18,21-22,25,27H,14-17,19-20,23-24H2,1-5H3,(H,41,44)/t25-/m1/s1. The molecule has 7 nitrogen and oxygen atoms in total. The van der Waals surface area contributed by atoms with Crippen molar-refractivity contribution in [3.05, 3.63) is 106 Å². The van der Waals surface area contributed by atoms with E-state index < -0.39 is 5.60 Å². The third-order valence-corrected chi connectivity index (χ3v) is 9.56. The van der Waals surface area contributed by atoms with Crippen LogP contribution in [0.5, 0.6) is 0 Å². The number of rotatable bonds is 6. The van der Waals surface area contributed by atoms with Gasteiger partial charge in [0.2, 0.25) is 0 Å². The first-order valence-electron chi connectivity index (χ1n) is 16.4. The molecule has 2 aromatic carbocycles. The molecule has 1 atom stereocenters. The van der Waals surface area contributed by atoms with Crippen molar-refractivity contribution in [1.82, 2.24) is 20.1 Å². The van der Waals surface area contributed by atoms with Crippen LogP contribution >= 0.6 is 0 Å². The molecule has 46 heavy (non-hydrogen) atoms. The average molecular weight is 625 g/mol. The van der Waals surface area contributed by atoms with E-state index in [1.54, 1.807) is 11.1 Å². The zero-order valence-corrected chi connectivity index (χ0v) is 27.6. The highest BCUT2D eigenvalue weighted by atomic mass is 19.1. The first-order chi connectivity index (χ1) is 21.9. The van der Waals surface area contributed by atoms with Gasteiger partial charge in [0.15, 0.2) is 0 Å². The molecule has 3 heterocycles. The predicted molar refractivity (Wildman–Crippen MR) is 178 cm³/mol. The number of nitrogens with zero attached hydrogens (tertiary/aromatic N) is 3. The molecule has 1 aliphatic carbocycles. The largest absolute Gasteiger partial charge is 0.444 e. The Kier molecular flexibility index (Phi) is 8.77. The van der Waals surface area contributed by atoms with Crippen LogP contribution in [0.3, 0.4) is 0 Å². The number of hydrogen-bond donors (Lipinski definition) is 1. The zero-order valence-electron chi connectivity index (χ0n) is 27.6. The molecular formula is C38H45FN4O3. The van der Waals surface area contributed by atoms with Gasteiger partial charge in [0.25, 0.3) is 5.91 Å². The number of carbonyl (C=O) groups excluding carboxylic acids is 2. The molecule has 1 N–H and O–H groups in total. The molecule has 0 radical (unpaired) electrons. The number of piperidine rings is 1. The highest BCUT2D eigenvalue weighted by molar-refractivity contribution is 5.94. The Hall–Kier alpha value is -4.04. The minimum atomic E-state index is -0.518. The summed E-state index contributed by atoms with van der Waals surface area (Å²) in [7, 11) is 2.17. The quantitative estimate of drug-likeness (QED) is 0.310. The van der Waals surface area contributed by atoms with E-state index in [0.29, 0.717) is 24.1 Å². The molecule has 1 spiro atoms. The van der Waals surface area contributed by atoms with Crippen LogP contribution in [-0.4, -0.2) is 65.6 Å². The van der Waals surface area contributed by atoms with Crippen LogP contribution in [0.25, 0.3) is 5.57 Å². The van der Waals surface area contributed by atoms with Gasteiger partial charge >= 0.3 is 6.09 Å². The van der Waals surface area contributed by atoms with Crippen molar-refractivity contribution in [1.29, 1.82) is 0 Å². The lowest BCUT2D eigenvalue weighted by atomic mass is 9.59. The lowest BCUT2D eigenvalue weighted by Crippen LogP contribution is -2.58.